The maximum absolute atomic E-state index is 11.8. The Morgan fingerprint density at radius 3 is 3.06 bits per heavy atom. The van der Waals surface area contributed by atoms with Crippen LogP contribution in [0.25, 0.3) is 0 Å². The van der Waals surface area contributed by atoms with Gasteiger partial charge in [0.1, 0.15) is 10.3 Å². The molecule has 0 amide bonds. The average Bonchev–Trinajstić information content (AvgIpc) is 2.85. The van der Waals surface area contributed by atoms with Gasteiger partial charge in [-0.15, -0.1) is 11.3 Å². The van der Waals surface area contributed by atoms with Crippen molar-refractivity contribution in [2.75, 3.05) is 19.3 Å². The van der Waals surface area contributed by atoms with Crippen molar-refractivity contribution in [2.45, 2.75) is 30.9 Å². The molecule has 0 radical (unpaired) electrons. The van der Waals surface area contributed by atoms with Crippen LogP contribution >= 0.6 is 11.3 Å². The number of rotatable bonds is 5. The number of thiazole rings is 1. The molecule has 1 aliphatic heterocycles. The summed E-state index contributed by atoms with van der Waals surface area (Å²) in [5.41, 5.74) is 0. The van der Waals surface area contributed by atoms with Crippen molar-refractivity contribution in [3.8, 4) is 0 Å². The molecule has 1 saturated heterocycles. The van der Waals surface area contributed by atoms with Crippen molar-refractivity contribution in [1.29, 1.82) is 0 Å². The van der Waals surface area contributed by atoms with Gasteiger partial charge in [0.2, 0.25) is 0 Å². The number of nitrogens with zero attached hydrogens (tertiary/aromatic N) is 1. The fourth-order valence-electron chi connectivity index (χ4n) is 2.10. The summed E-state index contributed by atoms with van der Waals surface area (Å²) < 4.78 is 23.6. The Morgan fingerprint density at radius 1 is 1.59 bits per heavy atom. The molecule has 0 bridgehead atoms. The number of aryl methyl sites for hydroxylation is 1. The Bertz CT molecular complexity index is 468. The highest BCUT2D eigenvalue weighted by atomic mass is 32.2. The molecule has 0 aliphatic carbocycles. The van der Waals surface area contributed by atoms with Crippen LogP contribution in [0.15, 0.2) is 6.20 Å². The second-order valence-corrected chi connectivity index (χ2v) is 7.82. The molecule has 2 heterocycles. The predicted octanol–water partition coefficient (Wildman–Crippen LogP) is 1.54. The molecule has 1 N–H and O–H groups in total. The lowest BCUT2D eigenvalue weighted by Crippen LogP contribution is -2.08. The van der Waals surface area contributed by atoms with Gasteiger partial charge in [-0.25, -0.2) is 13.4 Å². The smallest absolute Gasteiger partial charge is 0.159 e. The van der Waals surface area contributed by atoms with E-state index < -0.39 is 9.84 Å². The van der Waals surface area contributed by atoms with E-state index in [2.05, 4.69) is 10.3 Å². The highest BCUT2D eigenvalue weighted by Gasteiger charge is 2.34. The van der Waals surface area contributed by atoms with Crippen LogP contribution in [0, 0.1) is 0 Å². The van der Waals surface area contributed by atoms with Crippen molar-refractivity contribution in [2.24, 2.45) is 0 Å². The summed E-state index contributed by atoms with van der Waals surface area (Å²) in [6.45, 7) is 0.981. The van der Waals surface area contributed by atoms with Gasteiger partial charge in [-0.2, -0.15) is 0 Å². The molecule has 1 aromatic heterocycles. The maximum Gasteiger partial charge on any atom is 0.159 e. The number of aromatic nitrogens is 1. The Balaban J connectivity index is 2.03. The van der Waals surface area contributed by atoms with E-state index in [4.69, 9.17) is 0 Å². The first-order valence-corrected chi connectivity index (χ1v) is 8.47. The number of hydrogen-bond acceptors (Lipinski definition) is 5. The van der Waals surface area contributed by atoms with Gasteiger partial charge in [0.15, 0.2) is 9.84 Å². The molecule has 6 heteroatoms. The maximum atomic E-state index is 11.8. The highest BCUT2D eigenvalue weighted by Crippen LogP contribution is 2.36. The second-order valence-electron chi connectivity index (χ2n) is 4.37. The van der Waals surface area contributed by atoms with Gasteiger partial charge in [-0.1, -0.05) is 0 Å². The van der Waals surface area contributed by atoms with Crippen molar-refractivity contribution in [3.63, 3.8) is 0 Å². The minimum Gasteiger partial charge on any atom is -0.320 e. The Morgan fingerprint density at radius 2 is 2.41 bits per heavy atom. The van der Waals surface area contributed by atoms with Gasteiger partial charge >= 0.3 is 0 Å². The van der Waals surface area contributed by atoms with Crippen molar-refractivity contribution in [3.05, 3.63) is 16.1 Å². The van der Waals surface area contributed by atoms with E-state index in [1.54, 1.807) is 11.3 Å². The molecule has 96 valence electrons. The second kappa shape index (κ2) is 5.46. The standard InChI is InChI=1S/C11H18N2O2S2/c1-12-6-2-4-9-8-13-11(16-9)10-5-3-7-17(10,14)15/h8,10,12H,2-7H2,1H3. The van der Waals surface area contributed by atoms with Crippen molar-refractivity contribution >= 4 is 21.2 Å². The molecule has 4 nitrogen and oxygen atoms in total. The molecule has 1 fully saturated rings. The summed E-state index contributed by atoms with van der Waals surface area (Å²) in [5, 5.41) is 3.57. The van der Waals surface area contributed by atoms with Gasteiger partial charge < -0.3 is 5.32 Å². The van der Waals surface area contributed by atoms with Crippen LogP contribution in [0.3, 0.4) is 0 Å². The molecule has 0 spiro atoms. The van der Waals surface area contributed by atoms with Crippen LogP contribution in [-0.4, -0.2) is 32.7 Å². The summed E-state index contributed by atoms with van der Waals surface area (Å²) >= 11 is 1.56. The fourth-order valence-corrected chi connectivity index (χ4v) is 5.40. The van der Waals surface area contributed by atoms with Crippen LogP contribution in [0.2, 0.25) is 0 Å². The zero-order chi connectivity index (χ0) is 12.3. The molecule has 1 aromatic rings. The van der Waals surface area contributed by atoms with E-state index >= 15 is 0 Å². The topological polar surface area (TPSA) is 59.1 Å². The summed E-state index contributed by atoms with van der Waals surface area (Å²) in [5.74, 6) is 0.326. The molecule has 1 aliphatic rings. The Labute approximate surface area is 106 Å². The summed E-state index contributed by atoms with van der Waals surface area (Å²) in [7, 11) is -0.983. The molecule has 0 aromatic carbocycles. The SMILES string of the molecule is CNCCCc1cnc(C2CCCS2(=O)=O)s1. The van der Waals surface area contributed by atoms with Crippen LogP contribution in [0.1, 0.15) is 34.4 Å². The number of nitrogens with one attached hydrogen (secondary N) is 1. The lowest BCUT2D eigenvalue weighted by Gasteiger charge is -2.03. The lowest BCUT2D eigenvalue weighted by atomic mass is 10.3. The monoisotopic (exact) mass is 274 g/mol. The van der Waals surface area contributed by atoms with Gasteiger partial charge in [0, 0.05) is 11.1 Å². The third kappa shape index (κ3) is 3.05. The van der Waals surface area contributed by atoms with E-state index in [0.29, 0.717) is 5.75 Å². The number of hydrogen-bond donors (Lipinski definition) is 1. The quantitative estimate of drug-likeness (QED) is 0.828. The lowest BCUT2D eigenvalue weighted by molar-refractivity contribution is 0.592. The molecule has 2 rings (SSSR count). The zero-order valence-electron chi connectivity index (χ0n) is 9.98. The van der Waals surface area contributed by atoms with E-state index in [1.807, 2.05) is 13.2 Å². The van der Waals surface area contributed by atoms with Crippen LogP contribution in [-0.2, 0) is 16.3 Å². The predicted molar refractivity (Wildman–Crippen MR) is 70.1 cm³/mol. The minimum absolute atomic E-state index is 0.326. The van der Waals surface area contributed by atoms with E-state index in [0.717, 1.165) is 37.2 Å². The summed E-state index contributed by atoms with van der Waals surface area (Å²) in [6, 6.07) is 0. The summed E-state index contributed by atoms with van der Waals surface area (Å²) in [4.78, 5) is 5.48. The largest absolute Gasteiger partial charge is 0.320 e. The normalized spacial score (nSPS) is 23.0. The molecular formula is C11H18N2O2S2. The third-order valence-corrected chi connectivity index (χ3v) is 6.53. The van der Waals surface area contributed by atoms with Gasteiger partial charge in [0.25, 0.3) is 0 Å². The van der Waals surface area contributed by atoms with Gasteiger partial charge in [-0.05, 0) is 39.3 Å². The molecule has 1 unspecified atom stereocenters. The molecule has 17 heavy (non-hydrogen) atoms. The van der Waals surface area contributed by atoms with E-state index in [-0.39, 0.29) is 5.25 Å². The van der Waals surface area contributed by atoms with Crippen molar-refractivity contribution in [1.82, 2.24) is 10.3 Å². The van der Waals surface area contributed by atoms with Crippen LogP contribution in [0.5, 0.6) is 0 Å². The molecular weight excluding hydrogens is 256 g/mol. The van der Waals surface area contributed by atoms with E-state index in [9.17, 15) is 8.42 Å². The average molecular weight is 274 g/mol. The third-order valence-electron chi connectivity index (χ3n) is 3.03. The fraction of sp³-hybridized carbons (Fsp3) is 0.727. The first kappa shape index (κ1) is 13.0. The molecule has 0 saturated carbocycles. The van der Waals surface area contributed by atoms with Gasteiger partial charge in [0.05, 0.1) is 5.75 Å². The molecule has 1 atom stereocenters. The van der Waals surface area contributed by atoms with Gasteiger partial charge in [-0.3, -0.25) is 0 Å². The Hall–Kier alpha value is -0.460. The first-order chi connectivity index (χ1) is 8.13. The van der Waals surface area contributed by atoms with Crippen LogP contribution < -0.4 is 5.32 Å². The highest BCUT2D eigenvalue weighted by molar-refractivity contribution is 7.92. The summed E-state index contributed by atoms with van der Waals surface area (Å²) in [6.07, 6.45) is 5.40. The zero-order valence-corrected chi connectivity index (χ0v) is 11.6. The van der Waals surface area contributed by atoms with Crippen molar-refractivity contribution < 1.29 is 8.42 Å². The first-order valence-electron chi connectivity index (χ1n) is 5.94. The van der Waals surface area contributed by atoms with Crippen LogP contribution in [0.4, 0.5) is 0 Å². The number of sulfone groups is 1. The minimum atomic E-state index is -2.92. The van der Waals surface area contributed by atoms with E-state index in [1.165, 1.54) is 4.88 Å². The Kier molecular flexibility index (Phi) is 4.17.